The Morgan fingerprint density at radius 2 is 2.03 bits per heavy atom. The third kappa shape index (κ3) is 4.88. The number of hydrogen-bond acceptors (Lipinski definition) is 5. The van der Waals surface area contributed by atoms with E-state index >= 15 is 0 Å². The van der Waals surface area contributed by atoms with Crippen LogP contribution in [-0.4, -0.2) is 52.2 Å². The smallest absolute Gasteiger partial charge is 0.229 e. The number of aromatic nitrogens is 3. The lowest BCUT2D eigenvalue weighted by Crippen LogP contribution is -2.40. The van der Waals surface area contributed by atoms with Gasteiger partial charge in [-0.1, -0.05) is 23.4 Å². The Bertz CT molecular complexity index is 1040. The molecule has 1 N–H and O–H groups in total. The molecule has 5 rings (SSSR count). The predicted molar refractivity (Wildman–Crippen MR) is 121 cm³/mol. The second-order valence-electron chi connectivity index (χ2n) is 9.18. The zero-order valence-corrected chi connectivity index (χ0v) is 18.6. The van der Waals surface area contributed by atoms with Gasteiger partial charge >= 0.3 is 0 Å². The van der Waals surface area contributed by atoms with Crippen LogP contribution in [-0.2, 0) is 22.4 Å². The van der Waals surface area contributed by atoms with Gasteiger partial charge in [-0.2, -0.15) is 4.98 Å². The monoisotopic (exact) mass is 436 g/mol. The molecule has 2 aromatic heterocycles. The van der Waals surface area contributed by atoms with E-state index in [-0.39, 0.29) is 5.91 Å². The maximum absolute atomic E-state index is 12.9. The number of amides is 1. The number of ether oxygens (including phenoxy) is 1. The van der Waals surface area contributed by atoms with Gasteiger partial charge in [0.1, 0.15) is 0 Å². The number of piperidine rings is 1. The molecule has 2 aliphatic heterocycles. The van der Waals surface area contributed by atoms with Crippen LogP contribution in [0.1, 0.15) is 61.7 Å². The Hall–Kier alpha value is -2.67. The lowest BCUT2D eigenvalue weighted by Gasteiger charge is -2.32. The van der Waals surface area contributed by atoms with Gasteiger partial charge in [-0.15, -0.1) is 0 Å². The zero-order valence-electron chi connectivity index (χ0n) is 18.6. The minimum Gasteiger partial charge on any atom is -0.381 e. The number of benzene rings is 1. The van der Waals surface area contributed by atoms with Gasteiger partial charge in [0.05, 0.1) is 0 Å². The first-order valence-corrected chi connectivity index (χ1v) is 12.0. The van der Waals surface area contributed by atoms with Gasteiger partial charge in [0.25, 0.3) is 0 Å². The van der Waals surface area contributed by atoms with Crippen molar-refractivity contribution in [3.8, 4) is 0 Å². The fraction of sp³-hybridized carbons (Fsp3) is 0.560. The largest absolute Gasteiger partial charge is 0.381 e. The van der Waals surface area contributed by atoms with Crippen LogP contribution in [0.25, 0.3) is 10.9 Å². The Labute approximate surface area is 188 Å². The van der Waals surface area contributed by atoms with Crippen LogP contribution in [0, 0.1) is 5.92 Å². The van der Waals surface area contributed by atoms with E-state index in [1.54, 1.807) is 0 Å². The predicted octanol–water partition coefficient (Wildman–Crippen LogP) is 4.25. The number of aromatic amines is 1. The summed E-state index contributed by atoms with van der Waals surface area (Å²) in [5.41, 5.74) is 2.36. The Morgan fingerprint density at radius 3 is 2.94 bits per heavy atom. The van der Waals surface area contributed by atoms with Crippen molar-refractivity contribution in [1.29, 1.82) is 0 Å². The molecule has 3 aromatic rings. The van der Waals surface area contributed by atoms with Crippen molar-refractivity contribution in [2.45, 2.75) is 57.3 Å². The molecular formula is C25H32N4O3. The number of nitrogens with zero attached hydrogens (tertiary/aromatic N) is 3. The van der Waals surface area contributed by atoms with Crippen LogP contribution in [0.2, 0.25) is 0 Å². The molecule has 0 saturated carbocycles. The molecule has 0 spiro atoms. The molecule has 1 atom stereocenters. The second-order valence-corrected chi connectivity index (χ2v) is 9.18. The summed E-state index contributed by atoms with van der Waals surface area (Å²) in [6.07, 6.45) is 9.35. The number of nitrogens with one attached hydrogen (secondary N) is 1. The molecule has 7 heteroatoms. The Balaban J connectivity index is 1.10. The molecule has 2 saturated heterocycles. The summed E-state index contributed by atoms with van der Waals surface area (Å²) >= 11 is 0. The van der Waals surface area contributed by atoms with Crippen molar-refractivity contribution < 1.29 is 14.1 Å². The average molecular weight is 437 g/mol. The van der Waals surface area contributed by atoms with Crippen molar-refractivity contribution in [2.24, 2.45) is 5.92 Å². The van der Waals surface area contributed by atoms with E-state index in [1.165, 1.54) is 10.9 Å². The highest BCUT2D eigenvalue weighted by molar-refractivity contribution is 5.84. The first-order chi connectivity index (χ1) is 15.8. The summed E-state index contributed by atoms with van der Waals surface area (Å²) in [6.45, 7) is 3.26. The van der Waals surface area contributed by atoms with Crippen molar-refractivity contribution in [3.05, 3.63) is 47.7 Å². The molecule has 32 heavy (non-hydrogen) atoms. The van der Waals surface area contributed by atoms with Crippen molar-refractivity contribution in [3.63, 3.8) is 0 Å². The molecule has 2 fully saturated rings. The number of fused-ring (bicyclic) bond motifs is 1. The zero-order chi connectivity index (χ0) is 21.8. The van der Waals surface area contributed by atoms with Crippen LogP contribution >= 0.6 is 0 Å². The number of para-hydroxylation sites is 1. The van der Waals surface area contributed by atoms with Gasteiger partial charge in [0.15, 0.2) is 5.82 Å². The van der Waals surface area contributed by atoms with E-state index in [1.807, 2.05) is 18.3 Å². The molecule has 1 amide bonds. The summed E-state index contributed by atoms with van der Waals surface area (Å²) < 4.78 is 10.9. The second kappa shape index (κ2) is 9.86. The van der Waals surface area contributed by atoms with Crippen LogP contribution in [0.5, 0.6) is 0 Å². The minimum absolute atomic E-state index is 0.265. The summed E-state index contributed by atoms with van der Waals surface area (Å²) in [6, 6.07) is 8.27. The summed E-state index contributed by atoms with van der Waals surface area (Å²) in [5.74, 6) is 2.67. The maximum atomic E-state index is 12.9. The SMILES string of the molecule is O=C(CCc1c[nH]c2ccccc12)N1CCCC(CCc2noc(C3CCOCC3)n2)C1. The van der Waals surface area contributed by atoms with Crippen molar-refractivity contribution >= 4 is 16.8 Å². The fourth-order valence-corrected chi connectivity index (χ4v) is 5.08. The first-order valence-electron chi connectivity index (χ1n) is 12.0. The number of hydrogen-bond donors (Lipinski definition) is 1. The molecule has 0 radical (unpaired) electrons. The summed E-state index contributed by atoms with van der Waals surface area (Å²) in [4.78, 5) is 22.9. The molecule has 4 heterocycles. The van der Waals surface area contributed by atoms with Gasteiger partial charge in [0.2, 0.25) is 11.8 Å². The standard InChI is InChI=1S/C25H32N4O3/c30-24(10-8-20-16-26-22-6-2-1-5-21(20)22)29-13-3-4-18(17-29)7-9-23-27-25(32-28-23)19-11-14-31-15-12-19/h1-2,5-6,16,18-19,26H,3-4,7-15,17H2. The van der Waals surface area contributed by atoms with Gasteiger partial charge < -0.3 is 19.1 Å². The van der Waals surface area contributed by atoms with Gasteiger partial charge in [0, 0.05) is 62.2 Å². The molecule has 170 valence electrons. The fourth-order valence-electron chi connectivity index (χ4n) is 5.08. The van der Waals surface area contributed by atoms with Crippen molar-refractivity contribution in [1.82, 2.24) is 20.0 Å². The lowest BCUT2D eigenvalue weighted by atomic mass is 9.93. The number of aryl methyl sites for hydroxylation is 2. The summed E-state index contributed by atoms with van der Waals surface area (Å²) in [5, 5.41) is 5.42. The van der Waals surface area contributed by atoms with Gasteiger partial charge in [-0.3, -0.25) is 4.79 Å². The van der Waals surface area contributed by atoms with Gasteiger partial charge in [-0.25, -0.2) is 0 Å². The average Bonchev–Trinajstić information content (AvgIpc) is 3.49. The quantitative estimate of drug-likeness (QED) is 0.599. The summed E-state index contributed by atoms with van der Waals surface area (Å²) in [7, 11) is 0. The molecule has 0 aliphatic carbocycles. The molecule has 1 aromatic carbocycles. The number of likely N-dealkylation sites (tertiary alicyclic amines) is 1. The molecule has 7 nitrogen and oxygen atoms in total. The van der Waals surface area contributed by atoms with Crippen LogP contribution in [0.3, 0.4) is 0 Å². The van der Waals surface area contributed by atoms with E-state index in [2.05, 4.69) is 32.2 Å². The van der Waals surface area contributed by atoms with Crippen molar-refractivity contribution in [2.75, 3.05) is 26.3 Å². The van der Waals surface area contributed by atoms with E-state index in [9.17, 15) is 4.79 Å². The van der Waals surface area contributed by atoms with E-state index in [0.717, 1.165) is 88.5 Å². The van der Waals surface area contributed by atoms with E-state index in [0.29, 0.717) is 18.3 Å². The highest BCUT2D eigenvalue weighted by atomic mass is 16.5. The highest BCUT2D eigenvalue weighted by Crippen LogP contribution is 2.27. The third-order valence-corrected chi connectivity index (χ3v) is 6.99. The van der Waals surface area contributed by atoms with E-state index in [4.69, 9.17) is 9.26 Å². The Kier molecular flexibility index (Phi) is 6.53. The first kappa shape index (κ1) is 21.2. The molecule has 1 unspecified atom stereocenters. The number of H-pyrrole nitrogens is 1. The molecule has 0 bridgehead atoms. The normalized spacial score (nSPS) is 20.1. The number of rotatable bonds is 7. The Morgan fingerprint density at radius 1 is 1.16 bits per heavy atom. The van der Waals surface area contributed by atoms with Gasteiger partial charge in [-0.05, 0) is 56.1 Å². The van der Waals surface area contributed by atoms with Crippen LogP contribution in [0.4, 0.5) is 0 Å². The minimum atomic E-state index is 0.265. The van der Waals surface area contributed by atoms with Crippen LogP contribution < -0.4 is 0 Å². The number of carbonyl (C=O) groups excluding carboxylic acids is 1. The topological polar surface area (TPSA) is 84.2 Å². The number of carbonyl (C=O) groups is 1. The maximum Gasteiger partial charge on any atom is 0.229 e. The molecular weight excluding hydrogens is 404 g/mol. The van der Waals surface area contributed by atoms with E-state index < -0.39 is 0 Å². The highest BCUT2D eigenvalue weighted by Gasteiger charge is 2.25. The third-order valence-electron chi connectivity index (χ3n) is 6.99. The van der Waals surface area contributed by atoms with Crippen LogP contribution in [0.15, 0.2) is 35.0 Å². The molecule has 2 aliphatic rings. The lowest BCUT2D eigenvalue weighted by molar-refractivity contribution is -0.133.